The van der Waals surface area contributed by atoms with E-state index in [4.69, 9.17) is 23.2 Å². The van der Waals surface area contributed by atoms with Gasteiger partial charge in [0, 0.05) is 18.7 Å². The summed E-state index contributed by atoms with van der Waals surface area (Å²) < 4.78 is 27.9. The van der Waals surface area contributed by atoms with Crippen molar-refractivity contribution in [1.82, 2.24) is 9.29 Å². The van der Waals surface area contributed by atoms with E-state index in [0.29, 0.717) is 26.3 Å². The SMILES string of the molecule is CN(C1CCCC1)S(=O)(=O)c1ccc(C(=O)Nc2nc3c(Cl)c(Cl)ccc3s2)cc1. The molecular weight excluding hydrogens is 465 g/mol. The predicted octanol–water partition coefficient (Wildman–Crippen LogP) is 5.42. The van der Waals surface area contributed by atoms with Crippen LogP contribution >= 0.6 is 34.5 Å². The topological polar surface area (TPSA) is 79.4 Å². The number of amides is 1. The first-order chi connectivity index (χ1) is 14.3. The van der Waals surface area contributed by atoms with Crippen LogP contribution in [0.3, 0.4) is 0 Å². The standard InChI is InChI=1S/C20H19Cl2N3O3S2/c1-25(13-4-2-3-5-13)30(27,28)14-8-6-12(7-9-14)19(26)24-20-23-18-16(29-20)11-10-15(21)17(18)22/h6-11,13H,2-5H2,1H3,(H,23,24,26). The van der Waals surface area contributed by atoms with Crippen molar-refractivity contribution < 1.29 is 13.2 Å². The highest BCUT2D eigenvalue weighted by atomic mass is 35.5. The third-order valence-corrected chi connectivity index (χ3v) is 8.96. The van der Waals surface area contributed by atoms with Crippen LogP contribution < -0.4 is 5.32 Å². The highest BCUT2D eigenvalue weighted by Crippen LogP contribution is 2.35. The molecule has 0 spiro atoms. The Labute approximate surface area is 188 Å². The van der Waals surface area contributed by atoms with Crippen LogP contribution in [0.2, 0.25) is 10.0 Å². The first-order valence-electron chi connectivity index (χ1n) is 9.41. The van der Waals surface area contributed by atoms with Gasteiger partial charge in [-0.05, 0) is 49.2 Å². The van der Waals surface area contributed by atoms with Gasteiger partial charge in [0.05, 0.1) is 19.6 Å². The molecular formula is C20H19Cl2N3O3S2. The van der Waals surface area contributed by atoms with Gasteiger partial charge >= 0.3 is 0 Å². The fourth-order valence-electron chi connectivity index (χ4n) is 3.57. The van der Waals surface area contributed by atoms with E-state index in [0.717, 1.165) is 30.4 Å². The number of aromatic nitrogens is 1. The number of benzene rings is 2. The fraction of sp³-hybridized carbons (Fsp3) is 0.300. The van der Waals surface area contributed by atoms with Gasteiger partial charge in [-0.3, -0.25) is 10.1 Å². The largest absolute Gasteiger partial charge is 0.298 e. The molecule has 0 atom stereocenters. The van der Waals surface area contributed by atoms with E-state index in [9.17, 15) is 13.2 Å². The van der Waals surface area contributed by atoms with Crippen LogP contribution in [-0.4, -0.2) is 36.7 Å². The maximum absolute atomic E-state index is 12.8. The van der Waals surface area contributed by atoms with Gasteiger partial charge in [0.1, 0.15) is 5.52 Å². The minimum Gasteiger partial charge on any atom is -0.298 e. The number of nitrogens with zero attached hydrogens (tertiary/aromatic N) is 2. The molecule has 1 saturated carbocycles. The lowest BCUT2D eigenvalue weighted by Crippen LogP contribution is -2.35. The first-order valence-corrected chi connectivity index (χ1v) is 12.4. The third kappa shape index (κ3) is 4.07. The Morgan fingerprint density at radius 1 is 1.13 bits per heavy atom. The minimum atomic E-state index is -3.59. The Morgan fingerprint density at radius 2 is 1.80 bits per heavy atom. The molecule has 1 aromatic heterocycles. The van der Waals surface area contributed by atoms with Crippen LogP contribution in [0.25, 0.3) is 10.2 Å². The molecule has 1 heterocycles. The van der Waals surface area contributed by atoms with Gasteiger partial charge in [0.2, 0.25) is 10.0 Å². The Hall–Kier alpha value is -1.71. The summed E-state index contributed by atoms with van der Waals surface area (Å²) in [5.74, 6) is -0.385. The molecule has 0 aliphatic heterocycles. The molecule has 30 heavy (non-hydrogen) atoms. The van der Waals surface area contributed by atoms with Crippen LogP contribution in [-0.2, 0) is 10.0 Å². The predicted molar refractivity (Wildman–Crippen MR) is 121 cm³/mol. The highest BCUT2D eigenvalue weighted by Gasteiger charge is 2.30. The maximum atomic E-state index is 12.8. The van der Waals surface area contributed by atoms with E-state index in [1.54, 1.807) is 19.2 Å². The third-order valence-electron chi connectivity index (χ3n) is 5.30. The fourth-order valence-corrected chi connectivity index (χ4v) is 6.27. The number of hydrogen-bond donors (Lipinski definition) is 1. The molecule has 1 aliphatic rings. The van der Waals surface area contributed by atoms with Crippen LogP contribution in [0.1, 0.15) is 36.0 Å². The Bertz CT molecular complexity index is 1200. The molecule has 1 fully saturated rings. The molecule has 1 aliphatic carbocycles. The van der Waals surface area contributed by atoms with E-state index in [1.807, 2.05) is 0 Å². The van der Waals surface area contributed by atoms with Crippen LogP contribution in [0.4, 0.5) is 5.13 Å². The summed E-state index contributed by atoms with van der Waals surface area (Å²) in [7, 11) is -1.96. The normalized spacial score (nSPS) is 15.2. The summed E-state index contributed by atoms with van der Waals surface area (Å²) in [6.45, 7) is 0. The summed E-state index contributed by atoms with van der Waals surface area (Å²) in [6, 6.07) is 9.44. The van der Waals surface area contributed by atoms with Gasteiger partial charge in [-0.1, -0.05) is 47.4 Å². The number of carbonyl (C=O) groups is 1. The van der Waals surface area contributed by atoms with Crippen molar-refractivity contribution >= 4 is 65.8 Å². The molecule has 158 valence electrons. The summed E-state index contributed by atoms with van der Waals surface area (Å²) >= 11 is 13.5. The van der Waals surface area contributed by atoms with Gasteiger partial charge < -0.3 is 0 Å². The first kappa shape index (κ1) is 21.5. The van der Waals surface area contributed by atoms with E-state index in [-0.39, 0.29) is 16.8 Å². The smallest absolute Gasteiger partial charge is 0.257 e. The second kappa shape index (κ2) is 8.43. The molecule has 3 aromatic rings. The van der Waals surface area contributed by atoms with E-state index >= 15 is 0 Å². The number of nitrogens with one attached hydrogen (secondary N) is 1. The summed E-state index contributed by atoms with van der Waals surface area (Å²) in [5, 5.41) is 3.85. The van der Waals surface area contributed by atoms with Crippen LogP contribution in [0.5, 0.6) is 0 Å². The molecule has 6 nitrogen and oxygen atoms in total. The number of thiazole rings is 1. The summed E-state index contributed by atoms with van der Waals surface area (Å²) in [6.07, 6.45) is 3.86. The maximum Gasteiger partial charge on any atom is 0.257 e. The lowest BCUT2D eigenvalue weighted by Gasteiger charge is -2.23. The van der Waals surface area contributed by atoms with Crippen molar-refractivity contribution in [3.63, 3.8) is 0 Å². The minimum absolute atomic E-state index is 0.0392. The van der Waals surface area contributed by atoms with Crippen molar-refractivity contribution in [3.05, 3.63) is 52.0 Å². The number of sulfonamides is 1. The average Bonchev–Trinajstić information content (AvgIpc) is 3.40. The molecule has 0 unspecified atom stereocenters. The quantitative estimate of drug-likeness (QED) is 0.525. The van der Waals surface area contributed by atoms with Gasteiger partial charge in [0.15, 0.2) is 5.13 Å². The summed E-state index contributed by atoms with van der Waals surface area (Å²) in [4.78, 5) is 17.1. The summed E-state index contributed by atoms with van der Waals surface area (Å²) in [5.41, 5.74) is 0.863. The van der Waals surface area contributed by atoms with E-state index < -0.39 is 10.0 Å². The monoisotopic (exact) mass is 483 g/mol. The van der Waals surface area contributed by atoms with Gasteiger partial charge in [-0.2, -0.15) is 4.31 Å². The highest BCUT2D eigenvalue weighted by molar-refractivity contribution is 7.89. The zero-order chi connectivity index (χ0) is 21.5. The number of anilines is 1. The molecule has 1 amide bonds. The molecule has 0 bridgehead atoms. The molecule has 0 saturated heterocycles. The second-order valence-electron chi connectivity index (χ2n) is 7.17. The van der Waals surface area contributed by atoms with Crippen molar-refractivity contribution in [2.45, 2.75) is 36.6 Å². The lowest BCUT2D eigenvalue weighted by molar-refractivity contribution is 0.102. The van der Waals surface area contributed by atoms with Crippen LogP contribution in [0, 0.1) is 0 Å². The zero-order valence-corrected chi connectivity index (χ0v) is 19.2. The molecule has 2 aromatic carbocycles. The Morgan fingerprint density at radius 3 is 2.47 bits per heavy atom. The molecule has 1 N–H and O–H groups in total. The molecule has 0 radical (unpaired) electrons. The van der Waals surface area contributed by atoms with E-state index in [2.05, 4.69) is 10.3 Å². The molecule has 4 rings (SSSR count). The number of halogens is 2. The van der Waals surface area contributed by atoms with Crippen molar-refractivity contribution in [2.24, 2.45) is 0 Å². The van der Waals surface area contributed by atoms with Crippen molar-refractivity contribution in [2.75, 3.05) is 12.4 Å². The number of fused-ring (bicyclic) bond motifs is 1. The average molecular weight is 484 g/mol. The van der Waals surface area contributed by atoms with E-state index in [1.165, 1.54) is 39.9 Å². The van der Waals surface area contributed by atoms with Gasteiger partial charge in [-0.25, -0.2) is 13.4 Å². The zero-order valence-electron chi connectivity index (χ0n) is 16.1. The van der Waals surface area contributed by atoms with Gasteiger partial charge in [0.25, 0.3) is 5.91 Å². The Kier molecular flexibility index (Phi) is 6.05. The van der Waals surface area contributed by atoms with Crippen molar-refractivity contribution in [3.8, 4) is 0 Å². The number of carbonyl (C=O) groups excluding carboxylic acids is 1. The van der Waals surface area contributed by atoms with Crippen molar-refractivity contribution in [1.29, 1.82) is 0 Å². The van der Waals surface area contributed by atoms with Gasteiger partial charge in [-0.15, -0.1) is 0 Å². The molecule has 10 heteroatoms. The van der Waals surface area contributed by atoms with Crippen LogP contribution in [0.15, 0.2) is 41.3 Å². The number of rotatable bonds is 5. The Balaban J connectivity index is 1.51. The second-order valence-corrected chi connectivity index (χ2v) is 11.0. The number of hydrogen-bond acceptors (Lipinski definition) is 5. The lowest BCUT2D eigenvalue weighted by atomic mass is 10.2.